The van der Waals surface area contributed by atoms with E-state index in [2.05, 4.69) is 15.6 Å². The normalized spacial score (nSPS) is 17.1. The van der Waals surface area contributed by atoms with Crippen LogP contribution in [0.5, 0.6) is 0 Å². The minimum atomic E-state index is -0.583. The lowest BCUT2D eigenvalue weighted by Crippen LogP contribution is -2.43. The number of hydrogen-bond acceptors (Lipinski definition) is 6. The van der Waals surface area contributed by atoms with Gasteiger partial charge in [-0.15, -0.1) is 11.3 Å². The average molecular weight is 491 g/mol. The van der Waals surface area contributed by atoms with Crippen molar-refractivity contribution >= 4 is 40.1 Å². The van der Waals surface area contributed by atoms with E-state index in [4.69, 9.17) is 4.74 Å². The van der Waals surface area contributed by atoms with Gasteiger partial charge in [0.25, 0.3) is 0 Å². The molecule has 1 aliphatic carbocycles. The van der Waals surface area contributed by atoms with Gasteiger partial charge in [0, 0.05) is 29.1 Å². The van der Waals surface area contributed by atoms with Crippen molar-refractivity contribution < 1.29 is 19.1 Å². The van der Waals surface area contributed by atoms with E-state index in [1.165, 1.54) is 16.2 Å². The minimum absolute atomic E-state index is 0.0707. The first-order chi connectivity index (χ1) is 17.1. The Morgan fingerprint density at radius 1 is 0.971 bits per heavy atom. The molecule has 1 atom stereocenters. The SMILES string of the molecule is O=C(Nc1ccc(-c2csc(NC(=O)C3CCCN3C(=O)OCc3ccccc3)n2)cc1)C1CC1. The summed E-state index contributed by atoms with van der Waals surface area (Å²) < 4.78 is 5.42. The summed E-state index contributed by atoms with van der Waals surface area (Å²) in [7, 11) is 0. The Morgan fingerprint density at radius 2 is 1.74 bits per heavy atom. The van der Waals surface area contributed by atoms with Crippen LogP contribution in [0.1, 0.15) is 31.2 Å². The molecule has 9 heteroatoms. The number of likely N-dealkylation sites (tertiary alicyclic amines) is 1. The third kappa shape index (κ3) is 5.68. The molecule has 5 rings (SSSR count). The van der Waals surface area contributed by atoms with E-state index in [1.807, 2.05) is 60.0 Å². The van der Waals surface area contributed by atoms with E-state index in [1.54, 1.807) is 0 Å². The van der Waals surface area contributed by atoms with Crippen LogP contribution < -0.4 is 10.6 Å². The van der Waals surface area contributed by atoms with Gasteiger partial charge in [0.05, 0.1) is 5.69 Å². The highest BCUT2D eigenvalue weighted by Crippen LogP contribution is 2.31. The van der Waals surface area contributed by atoms with Crippen LogP contribution in [0.15, 0.2) is 60.0 Å². The zero-order chi connectivity index (χ0) is 24.2. The van der Waals surface area contributed by atoms with Crippen molar-refractivity contribution in [1.82, 2.24) is 9.88 Å². The van der Waals surface area contributed by atoms with E-state index in [9.17, 15) is 14.4 Å². The van der Waals surface area contributed by atoms with E-state index >= 15 is 0 Å². The monoisotopic (exact) mass is 490 g/mol. The largest absolute Gasteiger partial charge is 0.445 e. The van der Waals surface area contributed by atoms with Gasteiger partial charge in [0.2, 0.25) is 11.8 Å². The first-order valence-corrected chi connectivity index (χ1v) is 12.6. The first-order valence-electron chi connectivity index (χ1n) is 11.7. The molecule has 2 aromatic carbocycles. The number of rotatable bonds is 7. The number of nitrogens with one attached hydrogen (secondary N) is 2. The van der Waals surface area contributed by atoms with Crippen LogP contribution >= 0.6 is 11.3 Å². The summed E-state index contributed by atoms with van der Waals surface area (Å²) in [5, 5.41) is 8.11. The van der Waals surface area contributed by atoms with Crippen molar-refractivity contribution in [3.8, 4) is 11.3 Å². The number of benzene rings is 2. The molecule has 2 aliphatic rings. The average Bonchev–Trinajstić information content (AvgIpc) is 3.43. The molecule has 3 aromatic rings. The Balaban J connectivity index is 1.16. The van der Waals surface area contributed by atoms with Crippen molar-refractivity contribution in [2.75, 3.05) is 17.2 Å². The van der Waals surface area contributed by atoms with Crippen LogP contribution in [0.25, 0.3) is 11.3 Å². The molecular formula is C26H26N4O4S. The molecule has 2 fully saturated rings. The highest BCUT2D eigenvalue weighted by molar-refractivity contribution is 7.14. The topological polar surface area (TPSA) is 101 Å². The summed E-state index contributed by atoms with van der Waals surface area (Å²) in [6, 6.07) is 16.4. The molecule has 1 saturated carbocycles. The number of amides is 3. The molecule has 2 heterocycles. The Kier molecular flexibility index (Phi) is 6.76. The number of nitrogens with zero attached hydrogens (tertiary/aromatic N) is 2. The highest BCUT2D eigenvalue weighted by Gasteiger charge is 2.35. The summed E-state index contributed by atoms with van der Waals surface area (Å²) in [6.07, 6.45) is 2.76. The fourth-order valence-corrected chi connectivity index (χ4v) is 4.75. The molecule has 0 spiro atoms. The standard InChI is InChI=1S/C26H26N4O4S/c31-23(19-8-9-19)27-20-12-10-18(11-13-20)21-16-35-25(28-21)29-24(32)22-7-4-14-30(22)26(33)34-15-17-5-2-1-3-6-17/h1-3,5-6,10-13,16,19,22H,4,7-9,14-15H2,(H,27,31)(H,28,29,32). The predicted octanol–water partition coefficient (Wildman–Crippen LogP) is 4.90. The number of aromatic nitrogens is 1. The van der Waals surface area contributed by atoms with Gasteiger partial charge in [0.1, 0.15) is 12.6 Å². The van der Waals surface area contributed by atoms with Crippen LogP contribution in [0.2, 0.25) is 0 Å². The Hall–Kier alpha value is -3.72. The van der Waals surface area contributed by atoms with E-state index < -0.39 is 12.1 Å². The molecule has 35 heavy (non-hydrogen) atoms. The molecule has 1 aliphatic heterocycles. The molecule has 3 amide bonds. The Labute approximate surface area is 207 Å². The minimum Gasteiger partial charge on any atom is -0.445 e. The van der Waals surface area contributed by atoms with Crippen molar-refractivity contribution in [1.29, 1.82) is 0 Å². The van der Waals surface area contributed by atoms with E-state index in [0.717, 1.165) is 41.8 Å². The molecular weight excluding hydrogens is 464 g/mol. The van der Waals surface area contributed by atoms with Gasteiger partial charge >= 0.3 is 6.09 Å². The lowest BCUT2D eigenvalue weighted by Gasteiger charge is -2.22. The maximum absolute atomic E-state index is 12.9. The lowest BCUT2D eigenvalue weighted by atomic mass is 10.1. The van der Waals surface area contributed by atoms with E-state index in [0.29, 0.717) is 18.1 Å². The number of carbonyl (C=O) groups excluding carboxylic acids is 3. The zero-order valence-electron chi connectivity index (χ0n) is 19.1. The quantitative estimate of drug-likeness (QED) is 0.491. The van der Waals surface area contributed by atoms with Gasteiger partial charge in [-0.2, -0.15) is 0 Å². The van der Waals surface area contributed by atoms with Crippen molar-refractivity contribution in [2.24, 2.45) is 5.92 Å². The summed E-state index contributed by atoms with van der Waals surface area (Å²) in [6.45, 7) is 0.655. The van der Waals surface area contributed by atoms with Gasteiger partial charge in [0.15, 0.2) is 5.13 Å². The fourth-order valence-electron chi connectivity index (χ4n) is 4.03. The van der Waals surface area contributed by atoms with Crippen LogP contribution in [0, 0.1) is 5.92 Å². The van der Waals surface area contributed by atoms with Crippen molar-refractivity contribution in [2.45, 2.75) is 38.3 Å². The molecule has 1 saturated heterocycles. The van der Waals surface area contributed by atoms with E-state index in [-0.39, 0.29) is 24.3 Å². The third-order valence-corrected chi connectivity index (χ3v) is 6.88. The maximum Gasteiger partial charge on any atom is 0.410 e. The fraction of sp³-hybridized carbons (Fsp3) is 0.308. The molecule has 1 unspecified atom stereocenters. The number of hydrogen-bond donors (Lipinski definition) is 2. The van der Waals surface area contributed by atoms with Gasteiger partial charge in [-0.1, -0.05) is 42.5 Å². The van der Waals surface area contributed by atoms with Gasteiger partial charge in [-0.05, 0) is 43.4 Å². The highest BCUT2D eigenvalue weighted by atomic mass is 32.1. The Bertz CT molecular complexity index is 1210. The second-order valence-electron chi connectivity index (χ2n) is 8.76. The summed E-state index contributed by atoms with van der Waals surface area (Å²) in [5.74, 6) is -0.0413. The number of anilines is 2. The number of ether oxygens (including phenoxy) is 1. The maximum atomic E-state index is 12.9. The van der Waals surface area contributed by atoms with Crippen molar-refractivity contribution in [3.63, 3.8) is 0 Å². The van der Waals surface area contributed by atoms with Crippen LogP contribution in [0.3, 0.4) is 0 Å². The van der Waals surface area contributed by atoms with Gasteiger partial charge < -0.3 is 15.4 Å². The van der Waals surface area contributed by atoms with Crippen LogP contribution in [-0.2, 0) is 20.9 Å². The molecule has 180 valence electrons. The third-order valence-electron chi connectivity index (χ3n) is 6.13. The Morgan fingerprint density at radius 3 is 2.49 bits per heavy atom. The number of carbonyl (C=O) groups is 3. The summed E-state index contributed by atoms with van der Waals surface area (Å²) >= 11 is 1.33. The zero-order valence-corrected chi connectivity index (χ0v) is 19.9. The molecule has 2 N–H and O–H groups in total. The molecule has 8 nitrogen and oxygen atoms in total. The smallest absolute Gasteiger partial charge is 0.410 e. The van der Waals surface area contributed by atoms with Gasteiger partial charge in [-0.3, -0.25) is 14.5 Å². The predicted molar refractivity (Wildman–Crippen MR) is 134 cm³/mol. The molecule has 0 radical (unpaired) electrons. The van der Waals surface area contributed by atoms with Crippen molar-refractivity contribution in [3.05, 3.63) is 65.5 Å². The molecule has 1 aromatic heterocycles. The lowest BCUT2D eigenvalue weighted by molar-refractivity contribution is -0.120. The van der Waals surface area contributed by atoms with Crippen LogP contribution in [-0.4, -0.2) is 40.4 Å². The second-order valence-corrected chi connectivity index (χ2v) is 9.62. The second kappa shape index (κ2) is 10.3. The number of thiazole rings is 1. The molecule has 0 bridgehead atoms. The van der Waals surface area contributed by atoms with Crippen LogP contribution in [0.4, 0.5) is 15.6 Å². The first kappa shape index (κ1) is 23.0. The van der Waals surface area contributed by atoms with Gasteiger partial charge in [-0.25, -0.2) is 9.78 Å². The summed E-state index contributed by atoms with van der Waals surface area (Å²) in [4.78, 5) is 43.5. The summed E-state index contributed by atoms with van der Waals surface area (Å²) in [5.41, 5.74) is 3.28.